The van der Waals surface area contributed by atoms with Crippen LogP contribution in [-0.4, -0.2) is 81.2 Å². The lowest BCUT2D eigenvalue weighted by Crippen LogP contribution is -2.50. The number of likely N-dealkylation sites (N-methyl/N-ethyl adjacent to an activating group) is 1. The molecule has 9 heteroatoms. The van der Waals surface area contributed by atoms with Crippen molar-refractivity contribution in [3.63, 3.8) is 0 Å². The lowest BCUT2D eigenvalue weighted by Gasteiger charge is -2.37. The lowest BCUT2D eigenvalue weighted by molar-refractivity contribution is -0.135. The minimum absolute atomic E-state index is 0.0332. The van der Waals surface area contributed by atoms with E-state index in [1.807, 2.05) is 19.1 Å². The maximum absolute atomic E-state index is 13.6. The number of carbonyl (C=O) groups excluding carboxylic acids is 1. The lowest BCUT2D eigenvalue weighted by atomic mass is 9.93. The fourth-order valence-corrected chi connectivity index (χ4v) is 6.17. The summed E-state index contributed by atoms with van der Waals surface area (Å²) in [6.07, 6.45) is 6.01. The summed E-state index contributed by atoms with van der Waals surface area (Å²) in [5.41, 5.74) is 2.16. The number of benzene rings is 1. The predicted octanol–water partition coefficient (Wildman–Crippen LogP) is 2.52. The van der Waals surface area contributed by atoms with Crippen molar-refractivity contribution in [1.82, 2.24) is 9.21 Å². The molecule has 1 aliphatic heterocycles. The number of hydrogen-bond donors (Lipinski definition) is 1. The van der Waals surface area contributed by atoms with Crippen LogP contribution < -0.4 is 4.74 Å². The van der Waals surface area contributed by atoms with Gasteiger partial charge in [-0.25, -0.2) is 8.42 Å². The average molecular weight is 481 g/mol. The van der Waals surface area contributed by atoms with Gasteiger partial charge in [0, 0.05) is 32.7 Å². The van der Waals surface area contributed by atoms with E-state index in [1.54, 1.807) is 24.9 Å². The number of carbonyl (C=O) groups is 1. The summed E-state index contributed by atoms with van der Waals surface area (Å²) in [6, 6.07) is 4.68. The average Bonchev–Trinajstić information content (AvgIpc) is 2.81. The Morgan fingerprint density at radius 1 is 1.36 bits per heavy atom. The molecule has 8 nitrogen and oxygen atoms in total. The summed E-state index contributed by atoms with van der Waals surface area (Å²) in [5, 5.41) is 9.76. The van der Waals surface area contributed by atoms with Crippen molar-refractivity contribution in [2.24, 2.45) is 5.92 Å². The smallest absolute Gasteiger partial charge is 0.248 e. The number of hydrogen-bond acceptors (Lipinski definition) is 6. The Hall–Kier alpha value is -1.94. The second-order valence-corrected chi connectivity index (χ2v) is 10.9. The summed E-state index contributed by atoms with van der Waals surface area (Å²) >= 11 is 0. The van der Waals surface area contributed by atoms with Crippen LogP contribution in [-0.2, 0) is 19.6 Å². The number of allylic oxidation sites excluding steroid dienone is 2. The molecule has 0 unspecified atom stereocenters. The van der Waals surface area contributed by atoms with Crippen molar-refractivity contribution < 1.29 is 27.8 Å². The molecular weight excluding hydrogens is 444 g/mol. The van der Waals surface area contributed by atoms with Crippen LogP contribution in [0, 0.1) is 5.92 Å². The number of amides is 1. The Labute approximate surface area is 197 Å². The fourth-order valence-electron chi connectivity index (χ4n) is 4.35. The predicted molar refractivity (Wildman–Crippen MR) is 126 cm³/mol. The van der Waals surface area contributed by atoms with Gasteiger partial charge in [-0.15, -0.1) is 0 Å². The molecule has 3 rings (SSSR count). The monoisotopic (exact) mass is 480 g/mol. The normalized spacial score (nSPS) is 24.0. The third-order valence-corrected chi connectivity index (χ3v) is 8.50. The van der Waals surface area contributed by atoms with Crippen LogP contribution in [0.2, 0.25) is 0 Å². The molecule has 0 radical (unpaired) electrons. The molecule has 0 spiro atoms. The third kappa shape index (κ3) is 5.77. The van der Waals surface area contributed by atoms with Crippen LogP contribution in [0.15, 0.2) is 29.2 Å². The first-order chi connectivity index (χ1) is 15.7. The number of sulfonamides is 1. The van der Waals surface area contributed by atoms with Crippen LogP contribution in [0.25, 0.3) is 5.57 Å². The van der Waals surface area contributed by atoms with E-state index in [-0.39, 0.29) is 43.0 Å². The van der Waals surface area contributed by atoms with Crippen LogP contribution in [0.4, 0.5) is 0 Å². The first-order valence-electron chi connectivity index (χ1n) is 11.5. The van der Waals surface area contributed by atoms with Crippen LogP contribution in [0.3, 0.4) is 0 Å². The zero-order valence-corrected chi connectivity index (χ0v) is 20.8. The zero-order chi connectivity index (χ0) is 24.2. The van der Waals surface area contributed by atoms with Gasteiger partial charge >= 0.3 is 0 Å². The van der Waals surface area contributed by atoms with Gasteiger partial charge in [-0.05, 0) is 55.9 Å². The highest BCUT2D eigenvalue weighted by atomic mass is 32.2. The molecular formula is C24H36N2O6S. The Morgan fingerprint density at radius 2 is 2.12 bits per heavy atom. The fraction of sp³-hybridized carbons (Fsp3) is 0.625. The number of ether oxygens (including phenoxy) is 2. The molecule has 1 N–H and O–H groups in total. The van der Waals surface area contributed by atoms with Gasteiger partial charge in [0.2, 0.25) is 15.9 Å². The van der Waals surface area contributed by atoms with E-state index < -0.39 is 22.2 Å². The van der Waals surface area contributed by atoms with Gasteiger partial charge in [0.05, 0.1) is 13.2 Å². The number of rotatable bonds is 7. The Morgan fingerprint density at radius 3 is 2.76 bits per heavy atom. The van der Waals surface area contributed by atoms with Gasteiger partial charge in [0.15, 0.2) is 0 Å². The van der Waals surface area contributed by atoms with Crippen molar-refractivity contribution in [2.45, 2.75) is 56.6 Å². The summed E-state index contributed by atoms with van der Waals surface area (Å²) < 4.78 is 39.8. The SMILES string of the molecule is COCC(=O)N(C)C[C@@H]1Oc2cc(C3=CCCCC3)ccc2S(=O)(=O)N([C@@H](C)CO)C[C@@H]1C. The Bertz CT molecular complexity index is 977. The first kappa shape index (κ1) is 25.7. The highest BCUT2D eigenvalue weighted by Crippen LogP contribution is 2.37. The maximum Gasteiger partial charge on any atom is 0.248 e. The van der Waals surface area contributed by atoms with Gasteiger partial charge in [-0.3, -0.25) is 4.79 Å². The number of aliphatic hydroxyl groups excluding tert-OH is 1. The minimum atomic E-state index is -3.88. The van der Waals surface area contributed by atoms with E-state index in [1.165, 1.54) is 17.0 Å². The summed E-state index contributed by atoms with van der Waals surface area (Å²) in [6.45, 7) is 3.74. The van der Waals surface area contributed by atoms with E-state index in [0.29, 0.717) is 5.75 Å². The first-order valence-corrected chi connectivity index (χ1v) is 13.0. The molecule has 0 aromatic heterocycles. The molecule has 0 bridgehead atoms. The van der Waals surface area contributed by atoms with E-state index in [4.69, 9.17) is 9.47 Å². The standard InChI is InChI=1S/C24H36N2O6S/c1-17-13-26(18(2)15-27)33(29,30)23-11-10-20(19-8-6-5-7-9-19)12-21(23)32-22(17)14-25(3)24(28)16-31-4/h8,10-12,17-18,22,27H,5-7,9,13-16H2,1-4H3/t17-,18-,22-/m0/s1. The maximum atomic E-state index is 13.6. The van der Waals surface area contributed by atoms with Crippen molar-refractivity contribution in [3.8, 4) is 5.75 Å². The molecule has 3 atom stereocenters. The van der Waals surface area contributed by atoms with Crippen molar-refractivity contribution in [3.05, 3.63) is 29.8 Å². The van der Waals surface area contributed by atoms with Gasteiger partial charge in [-0.2, -0.15) is 4.31 Å². The highest BCUT2D eigenvalue weighted by molar-refractivity contribution is 7.89. The number of fused-ring (bicyclic) bond motifs is 1. The molecule has 1 aromatic rings. The molecule has 1 amide bonds. The minimum Gasteiger partial charge on any atom is -0.487 e. The van der Waals surface area contributed by atoms with Crippen LogP contribution in [0.5, 0.6) is 5.75 Å². The molecule has 0 saturated carbocycles. The molecule has 184 valence electrons. The van der Waals surface area contributed by atoms with Crippen molar-refractivity contribution in [2.75, 3.05) is 40.5 Å². The molecule has 1 heterocycles. The highest BCUT2D eigenvalue weighted by Gasteiger charge is 2.38. The molecule has 1 aromatic carbocycles. The topological polar surface area (TPSA) is 96.4 Å². The van der Waals surface area contributed by atoms with Gasteiger partial charge < -0.3 is 19.5 Å². The van der Waals surface area contributed by atoms with Crippen LogP contribution in [0.1, 0.15) is 45.1 Å². The van der Waals surface area contributed by atoms with E-state index in [0.717, 1.165) is 31.2 Å². The number of aliphatic hydroxyl groups is 1. The van der Waals surface area contributed by atoms with Crippen molar-refractivity contribution >= 4 is 21.5 Å². The summed E-state index contributed by atoms with van der Waals surface area (Å²) in [4.78, 5) is 13.9. The Kier molecular flexibility index (Phi) is 8.55. The van der Waals surface area contributed by atoms with Gasteiger partial charge in [0.1, 0.15) is 23.4 Å². The molecule has 33 heavy (non-hydrogen) atoms. The quantitative estimate of drug-likeness (QED) is 0.644. The second-order valence-electron chi connectivity index (χ2n) is 9.08. The summed E-state index contributed by atoms with van der Waals surface area (Å²) in [7, 11) is -0.727. The second kappa shape index (κ2) is 11.0. The van der Waals surface area contributed by atoms with Gasteiger partial charge in [-0.1, -0.05) is 19.1 Å². The zero-order valence-electron chi connectivity index (χ0n) is 20.0. The molecule has 0 fully saturated rings. The summed E-state index contributed by atoms with van der Waals surface area (Å²) in [5.74, 6) is -0.111. The number of nitrogens with zero attached hydrogens (tertiary/aromatic N) is 2. The third-order valence-electron chi connectivity index (χ3n) is 6.48. The van der Waals surface area contributed by atoms with E-state index in [9.17, 15) is 18.3 Å². The molecule has 2 aliphatic rings. The van der Waals surface area contributed by atoms with Crippen molar-refractivity contribution in [1.29, 1.82) is 0 Å². The van der Waals surface area contributed by atoms with E-state index in [2.05, 4.69) is 6.08 Å². The molecule has 1 aliphatic carbocycles. The molecule has 0 saturated heterocycles. The van der Waals surface area contributed by atoms with E-state index >= 15 is 0 Å². The Balaban J connectivity index is 2.05. The van der Waals surface area contributed by atoms with Gasteiger partial charge in [0.25, 0.3) is 0 Å². The van der Waals surface area contributed by atoms with Crippen LogP contribution >= 0.6 is 0 Å². The number of methoxy groups -OCH3 is 1. The largest absolute Gasteiger partial charge is 0.487 e.